The summed E-state index contributed by atoms with van der Waals surface area (Å²) in [6, 6.07) is 7.97. The van der Waals surface area contributed by atoms with Crippen molar-refractivity contribution in [1.82, 2.24) is 9.55 Å². The summed E-state index contributed by atoms with van der Waals surface area (Å²) in [5, 5.41) is 2.92. The van der Waals surface area contributed by atoms with Crippen LogP contribution in [0.15, 0.2) is 78.0 Å². The number of nitrogens with one attached hydrogen (secondary N) is 1. The van der Waals surface area contributed by atoms with Gasteiger partial charge in [0.2, 0.25) is 0 Å². The first kappa shape index (κ1) is 22.3. The number of benzene rings is 1. The number of hydrogen-bond donors (Lipinski definition) is 1. The van der Waals surface area contributed by atoms with Crippen LogP contribution < -0.4 is 15.6 Å². The average molecular weight is 454 g/mol. The average Bonchev–Trinajstić information content (AvgIpc) is 2.79. The van der Waals surface area contributed by atoms with Gasteiger partial charge in [0.05, 0.1) is 24.3 Å². The number of nitrogens with zero attached hydrogens (tertiary/aromatic N) is 3. The van der Waals surface area contributed by atoms with Gasteiger partial charge in [-0.05, 0) is 36.4 Å². The summed E-state index contributed by atoms with van der Waals surface area (Å²) >= 11 is 0. The number of halogens is 3. The van der Waals surface area contributed by atoms with Crippen LogP contribution in [-0.2, 0) is 4.74 Å². The fourth-order valence-corrected chi connectivity index (χ4v) is 3.63. The van der Waals surface area contributed by atoms with Gasteiger partial charge in [-0.1, -0.05) is 19.2 Å². The standard InChI is InChI=1S/C24H21F3N4O2/c1-3-17(11-15(2)25)28-22-14-21(32)19-13-20(27)24(30-7-9-33-10-8-30)29-23(19)31(22)18-6-4-5-16(26)12-18/h3-6,11-14,28H,1-2,7-10H2/b17-11+. The Morgan fingerprint density at radius 2 is 1.94 bits per heavy atom. The topological polar surface area (TPSA) is 59.4 Å². The van der Waals surface area contributed by atoms with Crippen LogP contribution in [0.2, 0.25) is 0 Å². The van der Waals surface area contributed by atoms with E-state index in [9.17, 15) is 18.0 Å². The van der Waals surface area contributed by atoms with Crippen LogP contribution >= 0.6 is 0 Å². The van der Waals surface area contributed by atoms with Crippen molar-refractivity contribution >= 4 is 22.7 Å². The second-order valence-electron chi connectivity index (χ2n) is 7.35. The highest BCUT2D eigenvalue weighted by atomic mass is 19.1. The van der Waals surface area contributed by atoms with E-state index in [0.29, 0.717) is 32.0 Å². The predicted molar refractivity (Wildman–Crippen MR) is 122 cm³/mol. The molecule has 3 aromatic rings. The Hall–Kier alpha value is -3.85. The first-order valence-electron chi connectivity index (χ1n) is 10.2. The van der Waals surface area contributed by atoms with E-state index in [1.165, 1.54) is 34.9 Å². The molecule has 4 rings (SSSR count). The first-order valence-corrected chi connectivity index (χ1v) is 10.2. The lowest BCUT2D eigenvalue weighted by molar-refractivity contribution is 0.122. The molecule has 2 aromatic heterocycles. The quantitative estimate of drug-likeness (QED) is 0.557. The van der Waals surface area contributed by atoms with Crippen LogP contribution in [-0.4, -0.2) is 35.9 Å². The number of anilines is 2. The summed E-state index contributed by atoms with van der Waals surface area (Å²) in [5.41, 5.74) is 0.141. The van der Waals surface area contributed by atoms with E-state index in [4.69, 9.17) is 4.74 Å². The van der Waals surface area contributed by atoms with Gasteiger partial charge in [-0.15, -0.1) is 0 Å². The molecule has 0 amide bonds. The monoisotopic (exact) mass is 454 g/mol. The normalized spacial score (nSPS) is 14.4. The van der Waals surface area contributed by atoms with Gasteiger partial charge in [-0.2, -0.15) is 0 Å². The van der Waals surface area contributed by atoms with Crippen molar-refractivity contribution in [2.75, 3.05) is 36.5 Å². The second-order valence-corrected chi connectivity index (χ2v) is 7.35. The minimum atomic E-state index is -0.729. The Balaban J connectivity index is 2.01. The zero-order valence-corrected chi connectivity index (χ0v) is 17.7. The molecule has 0 radical (unpaired) electrons. The number of allylic oxidation sites excluding steroid dienone is 3. The molecule has 6 nitrogen and oxygen atoms in total. The number of pyridine rings is 2. The van der Waals surface area contributed by atoms with E-state index < -0.39 is 22.9 Å². The molecule has 1 aromatic carbocycles. The molecule has 0 bridgehead atoms. The van der Waals surface area contributed by atoms with E-state index in [2.05, 4.69) is 23.5 Å². The highest BCUT2D eigenvalue weighted by molar-refractivity contribution is 5.82. The lowest BCUT2D eigenvalue weighted by Gasteiger charge is -2.28. The predicted octanol–water partition coefficient (Wildman–Crippen LogP) is 4.47. The molecule has 1 aliphatic heterocycles. The largest absolute Gasteiger partial charge is 0.378 e. The minimum Gasteiger partial charge on any atom is -0.378 e. The zero-order valence-electron chi connectivity index (χ0n) is 17.7. The molecule has 1 N–H and O–H groups in total. The van der Waals surface area contributed by atoms with Gasteiger partial charge in [-0.3, -0.25) is 9.36 Å². The van der Waals surface area contributed by atoms with Crippen LogP contribution in [0.25, 0.3) is 16.7 Å². The molecule has 1 fully saturated rings. The third kappa shape index (κ3) is 4.68. The highest BCUT2D eigenvalue weighted by Crippen LogP contribution is 2.27. The van der Waals surface area contributed by atoms with Crippen LogP contribution in [0.3, 0.4) is 0 Å². The Morgan fingerprint density at radius 1 is 1.18 bits per heavy atom. The fraction of sp³-hybridized carbons (Fsp3) is 0.167. The van der Waals surface area contributed by atoms with E-state index >= 15 is 0 Å². The number of aromatic nitrogens is 2. The van der Waals surface area contributed by atoms with Gasteiger partial charge < -0.3 is 15.0 Å². The Morgan fingerprint density at radius 3 is 2.61 bits per heavy atom. The molecule has 0 atom stereocenters. The highest BCUT2D eigenvalue weighted by Gasteiger charge is 2.21. The lowest BCUT2D eigenvalue weighted by atomic mass is 10.2. The van der Waals surface area contributed by atoms with Gasteiger partial charge in [-0.25, -0.2) is 18.2 Å². The lowest BCUT2D eigenvalue weighted by Crippen LogP contribution is -2.37. The molecular weight excluding hydrogens is 433 g/mol. The summed E-state index contributed by atoms with van der Waals surface area (Å²) in [7, 11) is 0. The molecule has 1 saturated heterocycles. The third-order valence-corrected chi connectivity index (χ3v) is 5.10. The molecule has 0 saturated carbocycles. The molecule has 1 aliphatic rings. The number of ether oxygens (including phenoxy) is 1. The third-order valence-electron chi connectivity index (χ3n) is 5.10. The summed E-state index contributed by atoms with van der Waals surface area (Å²) in [5.74, 6) is -1.67. The fourth-order valence-electron chi connectivity index (χ4n) is 3.63. The van der Waals surface area contributed by atoms with Gasteiger partial charge in [0.25, 0.3) is 0 Å². The first-order chi connectivity index (χ1) is 15.9. The maximum absolute atomic E-state index is 14.9. The summed E-state index contributed by atoms with van der Waals surface area (Å²) < 4.78 is 49.3. The summed E-state index contributed by atoms with van der Waals surface area (Å²) in [4.78, 5) is 19.1. The Bertz CT molecular complexity index is 1330. The van der Waals surface area contributed by atoms with Gasteiger partial charge in [0.1, 0.15) is 17.5 Å². The number of hydrogen-bond acceptors (Lipinski definition) is 5. The number of rotatable bonds is 6. The van der Waals surface area contributed by atoms with Crippen LogP contribution in [0.5, 0.6) is 0 Å². The molecule has 0 spiro atoms. The smallest absolute Gasteiger partial charge is 0.193 e. The minimum absolute atomic E-state index is 0.0124. The zero-order chi connectivity index (χ0) is 23.5. The summed E-state index contributed by atoms with van der Waals surface area (Å²) in [6.45, 7) is 8.52. The molecule has 3 heterocycles. The molecular formula is C24H21F3N4O2. The van der Waals surface area contributed by atoms with Crippen molar-refractivity contribution in [2.24, 2.45) is 0 Å². The van der Waals surface area contributed by atoms with Crippen molar-refractivity contribution in [1.29, 1.82) is 0 Å². The van der Waals surface area contributed by atoms with Gasteiger partial charge in [0, 0.05) is 24.9 Å². The molecule has 170 valence electrons. The number of morpholine rings is 1. The van der Waals surface area contributed by atoms with E-state index in [1.807, 2.05) is 0 Å². The molecule has 33 heavy (non-hydrogen) atoms. The SMILES string of the molecule is C=C/C(=C\C(=C)F)Nc1cc(=O)c2cc(F)c(N3CCOCC3)nc2n1-c1cccc(F)c1. The van der Waals surface area contributed by atoms with Crippen molar-refractivity contribution in [2.45, 2.75) is 0 Å². The van der Waals surface area contributed by atoms with E-state index in [1.54, 1.807) is 11.0 Å². The van der Waals surface area contributed by atoms with Gasteiger partial charge >= 0.3 is 0 Å². The van der Waals surface area contributed by atoms with Crippen LogP contribution in [0.4, 0.5) is 24.8 Å². The second kappa shape index (κ2) is 9.33. The van der Waals surface area contributed by atoms with Crippen molar-refractivity contribution in [3.63, 3.8) is 0 Å². The van der Waals surface area contributed by atoms with Crippen molar-refractivity contribution < 1.29 is 17.9 Å². The van der Waals surface area contributed by atoms with Gasteiger partial charge in [0.15, 0.2) is 22.7 Å². The maximum Gasteiger partial charge on any atom is 0.193 e. The van der Waals surface area contributed by atoms with Crippen LogP contribution in [0.1, 0.15) is 0 Å². The maximum atomic E-state index is 14.9. The molecule has 0 unspecified atom stereocenters. The van der Waals surface area contributed by atoms with E-state index in [-0.39, 0.29) is 28.4 Å². The number of fused-ring (bicyclic) bond motifs is 1. The Labute approximate surface area is 187 Å². The summed E-state index contributed by atoms with van der Waals surface area (Å²) in [6.07, 6.45) is 2.43. The molecule has 0 aliphatic carbocycles. The van der Waals surface area contributed by atoms with Crippen molar-refractivity contribution in [3.8, 4) is 5.69 Å². The molecule has 9 heteroatoms. The van der Waals surface area contributed by atoms with Crippen molar-refractivity contribution in [3.05, 3.63) is 95.1 Å². The van der Waals surface area contributed by atoms with Crippen LogP contribution in [0, 0.1) is 11.6 Å². The van der Waals surface area contributed by atoms with E-state index in [0.717, 1.165) is 12.1 Å². The Kier molecular flexibility index (Phi) is 6.32.